The van der Waals surface area contributed by atoms with Crippen molar-refractivity contribution in [3.63, 3.8) is 0 Å². The molecular weight excluding hydrogens is 580 g/mol. The maximum atomic E-state index is 11.4. The largest absolute Gasteiger partial charge is 0.311 e. The van der Waals surface area contributed by atoms with Gasteiger partial charge in [-0.25, -0.2) is 0 Å². The highest BCUT2D eigenvalue weighted by molar-refractivity contribution is 5.81. The molecule has 4 rings (SSSR count). The van der Waals surface area contributed by atoms with Crippen LogP contribution in [-0.4, -0.2) is 59.9 Å². The van der Waals surface area contributed by atoms with Crippen LogP contribution in [0.15, 0.2) is 24.3 Å². The van der Waals surface area contributed by atoms with Gasteiger partial charge in [0.1, 0.15) is 0 Å². The third-order valence-electron chi connectivity index (χ3n) is 5.04. The van der Waals surface area contributed by atoms with Gasteiger partial charge in [-0.2, -0.15) is 9.97 Å². The maximum absolute atomic E-state index is 11.4. The molecule has 42 heavy (non-hydrogen) atoms. The Hall–Kier alpha value is -7.28. The Morgan fingerprint density at radius 1 is 0.500 bits per heavy atom. The predicted molar refractivity (Wildman–Crippen MR) is 131 cm³/mol. The molecule has 26 nitrogen and oxygen atoms in total. The van der Waals surface area contributed by atoms with Crippen molar-refractivity contribution in [1.29, 1.82) is 0 Å². The summed E-state index contributed by atoms with van der Waals surface area (Å²) < 4.78 is 0. The Morgan fingerprint density at radius 2 is 0.786 bits per heavy atom. The van der Waals surface area contributed by atoms with Crippen molar-refractivity contribution in [2.24, 2.45) is 0 Å². The highest BCUT2D eigenvalue weighted by Crippen LogP contribution is 2.41. The molecule has 0 aliphatic carbocycles. The summed E-state index contributed by atoms with van der Waals surface area (Å²) in [6.07, 6.45) is 0. The second-order valence-corrected chi connectivity index (χ2v) is 7.53. The first-order valence-electron chi connectivity index (χ1n) is 10.4. The molecule has 0 bridgehead atoms. The molecule has 4 aromatic rings. The van der Waals surface area contributed by atoms with E-state index in [2.05, 4.69) is 41.0 Å². The Bertz CT molecular complexity index is 1630. The van der Waals surface area contributed by atoms with Gasteiger partial charge in [0.15, 0.2) is 23.0 Å². The average molecular weight is 588 g/mol. The predicted octanol–water partition coefficient (Wildman–Crippen LogP) is 2.53. The summed E-state index contributed by atoms with van der Waals surface area (Å²) in [6, 6.07) is 1.92. The molecule has 0 saturated carbocycles. The minimum Gasteiger partial charge on any atom is -0.311 e. The molecule has 4 N–H and O–H groups in total. The standard InChI is InChI=1S/C16H8N14O12/c31-25(32)5-1-7(27(35)36)11(8(2-5)28(37)38)17-15-19-13(21-23-15)14-20-16(24-22-14)18-12-9(29(39)40)3-6(26(33)34)4-10(12)30(41)42/h1-4H,(H2,17,19,21,23)(H2,18,20,22,24). The fourth-order valence-electron chi connectivity index (χ4n) is 3.31. The number of aromatic amines is 2. The fraction of sp³-hybridized carbons (Fsp3) is 0. The minimum atomic E-state index is -1.11. The first-order chi connectivity index (χ1) is 19.8. The molecule has 0 amide bonds. The number of non-ortho nitro benzene ring substituents is 2. The number of H-pyrrole nitrogens is 2. The molecule has 0 unspecified atom stereocenters. The van der Waals surface area contributed by atoms with Crippen LogP contribution < -0.4 is 10.6 Å². The number of benzene rings is 2. The molecule has 0 saturated heterocycles. The van der Waals surface area contributed by atoms with Gasteiger partial charge in [-0.05, 0) is 0 Å². The average Bonchev–Trinajstić information content (AvgIpc) is 3.57. The maximum Gasteiger partial charge on any atom is 0.306 e. The number of anilines is 4. The third-order valence-corrected chi connectivity index (χ3v) is 5.04. The van der Waals surface area contributed by atoms with Gasteiger partial charge in [-0.15, -0.1) is 10.2 Å². The van der Waals surface area contributed by atoms with Crippen molar-refractivity contribution < 1.29 is 29.5 Å². The van der Waals surface area contributed by atoms with Gasteiger partial charge in [0, 0.05) is 0 Å². The van der Waals surface area contributed by atoms with Crippen LogP contribution in [0.25, 0.3) is 11.6 Å². The van der Waals surface area contributed by atoms with E-state index >= 15 is 0 Å². The normalized spacial score (nSPS) is 10.6. The summed E-state index contributed by atoms with van der Waals surface area (Å²) in [4.78, 5) is 69.0. The Balaban J connectivity index is 1.67. The Labute approximate surface area is 225 Å². The van der Waals surface area contributed by atoms with E-state index in [0.717, 1.165) is 0 Å². The summed E-state index contributed by atoms with van der Waals surface area (Å²) in [7, 11) is 0. The van der Waals surface area contributed by atoms with Crippen molar-refractivity contribution in [3.05, 3.63) is 85.0 Å². The molecule has 2 aromatic carbocycles. The zero-order valence-electron chi connectivity index (χ0n) is 19.7. The lowest BCUT2D eigenvalue weighted by Gasteiger charge is -2.04. The van der Waals surface area contributed by atoms with Gasteiger partial charge >= 0.3 is 22.7 Å². The molecule has 0 fully saturated rings. The summed E-state index contributed by atoms with van der Waals surface area (Å²) in [5, 5.41) is 84.2. The molecule has 2 heterocycles. The zero-order chi connectivity index (χ0) is 30.9. The highest BCUT2D eigenvalue weighted by atomic mass is 16.6. The number of hydrogen-bond donors (Lipinski definition) is 4. The van der Waals surface area contributed by atoms with E-state index in [4.69, 9.17) is 0 Å². The van der Waals surface area contributed by atoms with Crippen LogP contribution in [0.3, 0.4) is 0 Å². The van der Waals surface area contributed by atoms with Crippen LogP contribution in [0, 0.1) is 60.7 Å². The summed E-state index contributed by atoms with van der Waals surface area (Å²) >= 11 is 0. The number of nitrogens with zero attached hydrogens (tertiary/aromatic N) is 10. The Kier molecular flexibility index (Phi) is 6.92. The molecular formula is C16H8N14O12. The molecule has 0 spiro atoms. The topological polar surface area (TPSA) is 366 Å². The van der Waals surface area contributed by atoms with E-state index in [0.29, 0.717) is 24.3 Å². The van der Waals surface area contributed by atoms with Crippen LogP contribution >= 0.6 is 0 Å². The van der Waals surface area contributed by atoms with E-state index in [1.54, 1.807) is 0 Å². The van der Waals surface area contributed by atoms with Crippen LogP contribution in [0.1, 0.15) is 0 Å². The highest BCUT2D eigenvalue weighted by Gasteiger charge is 2.33. The van der Waals surface area contributed by atoms with E-state index in [-0.39, 0.29) is 11.6 Å². The molecule has 26 heteroatoms. The van der Waals surface area contributed by atoms with Gasteiger partial charge in [-0.3, -0.25) is 70.9 Å². The van der Waals surface area contributed by atoms with Crippen LogP contribution in [0.2, 0.25) is 0 Å². The van der Waals surface area contributed by atoms with Crippen LogP contribution in [-0.2, 0) is 0 Å². The first kappa shape index (κ1) is 27.7. The van der Waals surface area contributed by atoms with Crippen molar-refractivity contribution in [2.45, 2.75) is 0 Å². The number of nitro groups is 6. The number of nitrogens with one attached hydrogen (secondary N) is 4. The van der Waals surface area contributed by atoms with Gasteiger partial charge in [-0.1, -0.05) is 0 Å². The molecule has 0 atom stereocenters. The van der Waals surface area contributed by atoms with Gasteiger partial charge in [0.2, 0.25) is 11.9 Å². The molecule has 2 aromatic heterocycles. The number of nitro benzene ring substituents is 6. The molecule has 0 aliphatic heterocycles. The van der Waals surface area contributed by atoms with E-state index in [1.165, 1.54) is 0 Å². The number of aromatic nitrogens is 6. The smallest absolute Gasteiger partial charge is 0.306 e. The number of hydrogen-bond acceptors (Lipinski definition) is 18. The Morgan fingerprint density at radius 3 is 1.02 bits per heavy atom. The second-order valence-electron chi connectivity index (χ2n) is 7.53. The fourth-order valence-corrected chi connectivity index (χ4v) is 3.31. The summed E-state index contributed by atoms with van der Waals surface area (Å²) in [5.41, 5.74) is -7.61. The lowest BCUT2D eigenvalue weighted by Crippen LogP contribution is -2.04. The van der Waals surface area contributed by atoms with Gasteiger partial charge in [0.05, 0.1) is 53.8 Å². The lowest BCUT2D eigenvalue weighted by atomic mass is 10.2. The molecule has 0 radical (unpaired) electrons. The van der Waals surface area contributed by atoms with Crippen LogP contribution in [0.5, 0.6) is 0 Å². The minimum absolute atomic E-state index is 0.280. The summed E-state index contributed by atoms with van der Waals surface area (Å²) in [6.45, 7) is 0. The van der Waals surface area contributed by atoms with Crippen molar-refractivity contribution in [2.75, 3.05) is 10.6 Å². The molecule has 214 valence electrons. The van der Waals surface area contributed by atoms with E-state index < -0.39 is 86.9 Å². The zero-order valence-corrected chi connectivity index (χ0v) is 19.7. The van der Waals surface area contributed by atoms with E-state index in [9.17, 15) is 60.7 Å². The third kappa shape index (κ3) is 5.31. The first-order valence-corrected chi connectivity index (χ1v) is 10.4. The quantitative estimate of drug-likeness (QED) is 0.144. The SMILES string of the molecule is O=[N+]([O-])c1cc([N+](=O)[O-])c(Nc2n[nH]c(-c3nc(Nc4c([N+](=O)[O-])cc([N+](=O)[O-])cc4[N+](=O)[O-])n[nH]3)n2)c([N+](=O)[O-])c1. The van der Waals surface area contributed by atoms with E-state index in [1.807, 2.05) is 0 Å². The van der Waals surface area contributed by atoms with Crippen molar-refractivity contribution in [3.8, 4) is 11.6 Å². The molecule has 0 aliphatic rings. The second kappa shape index (κ2) is 10.5. The lowest BCUT2D eigenvalue weighted by molar-refractivity contribution is -0.402. The number of rotatable bonds is 11. The van der Waals surface area contributed by atoms with Gasteiger partial charge in [0.25, 0.3) is 11.4 Å². The van der Waals surface area contributed by atoms with Crippen LogP contribution in [0.4, 0.5) is 57.4 Å². The van der Waals surface area contributed by atoms with Crippen molar-refractivity contribution in [1.82, 2.24) is 30.4 Å². The monoisotopic (exact) mass is 588 g/mol. The van der Waals surface area contributed by atoms with Gasteiger partial charge < -0.3 is 10.6 Å². The van der Waals surface area contributed by atoms with Crippen molar-refractivity contribution >= 4 is 57.4 Å². The summed E-state index contributed by atoms with van der Waals surface area (Å²) in [5.74, 6) is -1.59.